The summed E-state index contributed by atoms with van der Waals surface area (Å²) in [6.45, 7) is 5.95. The zero-order valence-corrected chi connectivity index (χ0v) is 11.5. The van der Waals surface area contributed by atoms with Crippen molar-refractivity contribution in [3.05, 3.63) is 12.2 Å². The molecule has 3 N–H and O–H groups in total. The van der Waals surface area contributed by atoms with Crippen molar-refractivity contribution in [1.29, 1.82) is 0 Å². The van der Waals surface area contributed by atoms with Crippen LogP contribution in [0.3, 0.4) is 0 Å². The third-order valence-electron chi connectivity index (χ3n) is 5.68. The van der Waals surface area contributed by atoms with Crippen molar-refractivity contribution in [3.8, 4) is 0 Å². The predicted molar refractivity (Wildman–Crippen MR) is 70.2 cm³/mol. The summed E-state index contributed by atoms with van der Waals surface area (Å²) in [5.41, 5.74) is 0.776. The van der Waals surface area contributed by atoms with Gasteiger partial charge in [-0.15, -0.1) is 0 Å². The van der Waals surface area contributed by atoms with Crippen LogP contribution in [0.5, 0.6) is 0 Å². The summed E-state index contributed by atoms with van der Waals surface area (Å²) in [5, 5.41) is 28.9. The van der Waals surface area contributed by atoms with Crippen LogP contribution in [-0.4, -0.2) is 40.4 Å². The molecule has 3 fully saturated rings. The second kappa shape index (κ2) is 4.55. The number of aliphatic hydroxyl groups is 3. The van der Waals surface area contributed by atoms with E-state index in [0.717, 1.165) is 31.3 Å². The molecule has 0 bridgehead atoms. The van der Waals surface area contributed by atoms with E-state index in [0.29, 0.717) is 11.8 Å². The Labute approximate surface area is 114 Å². The van der Waals surface area contributed by atoms with Gasteiger partial charge in [0.15, 0.2) is 6.29 Å². The molecule has 7 unspecified atom stereocenters. The van der Waals surface area contributed by atoms with E-state index in [9.17, 15) is 15.3 Å². The molecular weight excluding hydrogens is 244 g/mol. The highest BCUT2D eigenvalue weighted by Gasteiger charge is 2.68. The van der Waals surface area contributed by atoms with Crippen molar-refractivity contribution in [2.75, 3.05) is 6.61 Å². The van der Waals surface area contributed by atoms with Gasteiger partial charge in [0.2, 0.25) is 0 Å². The molecule has 108 valence electrons. The van der Waals surface area contributed by atoms with Gasteiger partial charge < -0.3 is 20.1 Å². The van der Waals surface area contributed by atoms with Crippen molar-refractivity contribution in [2.45, 2.75) is 51.1 Å². The lowest BCUT2D eigenvalue weighted by molar-refractivity contribution is -0.0957. The van der Waals surface area contributed by atoms with E-state index in [1.165, 1.54) is 0 Å². The van der Waals surface area contributed by atoms with Gasteiger partial charge in [-0.25, -0.2) is 0 Å². The largest absolute Gasteiger partial charge is 0.396 e. The van der Waals surface area contributed by atoms with Gasteiger partial charge in [0.25, 0.3) is 0 Å². The van der Waals surface area contributed by atoms with E-state index in [1.54, 1.807) is 0 Å². The molecule has 3 aliphatic rings. The summed E-state index contributed by atoms with van der Waals surface area (Å²) in [7, 11) is 0. The van der Waals surface area contributed by atoms with E-state index in [1.807, 2.05) is 6.92 Å². The Kier molecular flexibility index (Phi) is 3.25. The fourth-order valence-corrected chi connectivity index (χ4v) is 4.49. The van der Waals surface area contributed by atoms with Crippen molar-refractivity contribution in [1.82, 2.24) is 0 Å². The third kappa shape index (κ3) is 1.97. The van der Waals surface area contributed by atoms with Gasteiger partial charge in [-0.3, -0.25) is 0 Å². The quantitative estimate of drug-likeness (QED) is 0.667. The monoisotopic (exact) mass is 268 g/mol. The lowest BCUT2D eigenvalue weighted by atomic mass is 9.78. The third-order valence-corrected chi connectivity index (χ3v) is 5.68. The van der Waals surface area contributed by atoms with Crippen LogP contribution >= 0.6 is 0 Å². The first kappa shape index (κ1) is 13.6. The highest BCUT2D eigenvalue weighted by Crippen LogP contribution is 2.70. The van der Waals surface area contributed by atoms with Gasteiger partial charge in [0.05, 0.1) is 12.2 Å². The van der Waals surface area contributed by atoms with Crippen LogP contribution in [-0.2, 0) is 4.74 Å². The molecule has 3 rings (SSSR count). The first-order valence-corrected chi connectivity index (χ1v) is 7.30. The van der Waals surface area contributed by atoms with E-state index in [4.69, 9.17) is 4.74 Å². The molecule has 7 atom stereocenters. The Hall–Kier alpha value is -0.420. The van der Waals surface area contributed by atoms with E-state index in [2.05, 4.69) is 6.58 Å². The number of fused-ring (bicyclic) bond motifs is 2. The minimum atomic E-state index is -0.820. The molecule has 1 aliphatic heterocycles. The molecule has 0 amide bonds. The molecule has 4 heteroatoms. The number of aliphatic hydroxyl groups excluding tert-OH is 3. The maximum absolute atomic E-state index is 9.78. The first-order chi connectivity index (χ1) is 8.99. The minimum Gasteiger partial charge on any atom is -0.396 e. The molecule has 0 aromatic rings. The Morgan fingerprint density at radius 1 is 1.53 bits per heavy atom. The molecule has 4 nitrogen and oxygen atoms in total. The molecule has 0 aromatic carbocycles. The molecule has 19 heavy (non-hydrogen) atoms. The summed E-state index contributed by atoms with van der Waals surface area (Å²) in [4.78, 5) is 0. The maximum Gasteiger partial charge on any atom is 0.177 e. The maximum atomic E-state index is 9.78. The van der Waals surface area contributed by atoms with Crippen molar-refractivity contribution < 1.29 is 20.1 Å². The Morgan fingerprint density at radius 3 is 2.89 bits per heavy atom. The molecular formula is C15H24O4. The summed E-state index contributed by atoms with van der Waals surface area (Å²) in [6.07, 6.45) is 2.47. The molecule has 2 aliphatic carbocycles. The van der Waals surface area contributed by atoms with Crippen LogP contribution < -0.4 is 0 Å². The van der Waals surface area contributed by atoms with Crippen molar-refractivity contribution in [2.24, 2.45) is 23.2 Å². The van der Waals surface area contributed by atoms with E-state index < -0.39 is 6.29 Å². The van der Waals surface area contributed by atoms with Gasteiger partial charge in [-0.05, 0) is 50.0 Å². The second-order valence-electron chi connectivity index (χ2n) is 6.68. The lowest BCUT2D eigenvalue weighted by Crippen LogP contribution is -2.30. The summed E-state index contributed by atoms with van der Waals surface area (Å²) in [6, 6.07) is 0. The first-order valence-electron chi connectivity index (χ1n) is 7.30. The van der Waals surface area contributed by atoms with Gasteiger partial charge in [0, 0.05) is 17.9 Å². The molecule has 2 saturated carbocycles. The van der Waals surface area contributed by atoms with Crippen LogP contribution in [0.4, 0.5) is 0 Å². The van der Waals surface area contributed by atoms with Crippen LogP contribution in [0.15, 0.2) is 12.2 Å². The number of hydrogen-bond donors (Lipinski definition) is 3. The van der Waals surface area contributed by atoms with E-state index in [-0.39, 0.29) is 30.1 Å². The Balaban J connectivity index is 1.70. The van der Waals surface area contributed by atoms with Crippen molar-refractivity contribution in [3.63, 3.8) is 0 Å². The fraction of sp³-hybridized carbons (Fsp3) is 0.867. The van der Waals surface area contributed by atoms with Gasteiger partial charge in [-0.2, -0.15) is 0 Å². The van der Waals surface area contributed by atoms with Crippen LogP contribution in [0.2, 0.25) is 0 Å². The summed E-state index contributed by atoms with van der Waals surface area (Å²) < 4.78 is 5.57. The molecule has 1 saturated heterocycles. The topological polar surface area (TPSA) is 69.9 Å². The molecule has 0 aromatic heterocycles. The SMILES string of the molecule is C=C1C(O)OC2CC3(CO)C(CCC(C)O)C3CC12. The van der Waals surface area contributed by atoms with E-state index >= 15 is 0 Å². The fourth-order valence-electron chi connectivity index (χ4n) is 4.49. The van der Waals surface area contributed by atoms with Crippen LogP contribution in [0.1, 0.15) is 32.6 Å². The predicted octanol–water partition coefficient (Wildman–Crippen LogP) is 1.06. The normalized spacial score (nSPS) is 49.7. The summed E-state index contributed by atoms with van der Waals surface area (Å²) in [5.74, 6) is 1.24. The Morgan fingerprint density at radius 2 is 2.26 bits per heavy atom. The lowest BCUT2D eigenvalue weighted by Gasteiger charge is -2.29. The smallest absolute Gasteiger partial charge is 0.177 e. The second-order valence-corrected chi connectivity index (χ2v) is 6.68. The number of ether oxygens (including phenoxy) is 1. The highest BCUT2D eigenvalue weighted by atomic mass is 16.6. The number of hydrogen-bond acceptors (Lipinski definition) is 4. The summed E-state index contributed by atoms with van der Waals surface area (Å²) >= 11 is 0. The van der Waals surface area contributed by atoms with Gasteiger partial charge in [0.1, 0.15) is 0 Å². The standard InChI is InChI=1S/C15H24O4/c1-8(17)3-4-11-12-5-10-9(2)14(18)19-13(10)6-15(11,12)7-16/h8,10-14,16-18H,2-7H2,1H3. The van der Waals surface area contributed by atoms with Gasteiger partial charge >= 0.3 is 0 Å². The van der Waals surface area contributed by atoms with Gasteiger partial charge in [-0.1, -0.05) is 6.58 Å². The minimum absolute atomic E-state index is 0.0162. The average molecular weight is 268 g/mol. The van der Waals surface area contributed by atoms with Crippen molar-refractivity contribution >= 4 is 0 Å². The number of rotatable bonds is 4. The average Bonchev–Trinajstić information content (AvgIpc) is 2.91. The molecule has 0 spiro atoms. The zero-order chi connectivity index (χ0) is 13.8. The molecule has 1 heterocycles. The highest BCUT2D eigenvalue weighted by molar-refractivity contribution is 5.23. The Bertz CT molecular complexity index is 380. The zero-order valence-electron chi connectivity index (χ0n) is 11.5. The van der Waals surface area contributed by atoms with Crippen LogP contribution in [0, 0.1) is 23.2 Å². The molecule has 0 radical (unpaired) electrons. The van der Waals surface area contributed by atoms with Crippen LogP contribution in [0.25, 0.3) is 0 Å².